The molecule has 0 saturated carbocycles. The van der Waals surface area contributed by atoms with Gasteiger partial charge >= 0.3 is 0 Å². The summed E-state index contributed by atoms with van der Waals surface area (Å²) >= 11 is 0. The number of fused-ring (bicyclic) bond motifs is 9. The largest absolute Gasteiger partial charge is 0.456 e. The summed E-state index contributed by atoms with van der Waals surface area (Å²) in [6.07, 6.45) is 0. The summed E-state index contributed by atoms with van der Waals surface area (Å²) in [5, 5.41) is 9.36. The van der Waals surface area contributed by atoms with E-state index < -0.39 is 0 Å². The van der Waals surface area contributed by atoms with Crippen LogP contribution in [0.2, 0.25) is 0 Å². The molecule has 0 aliphatic carbocycles. The highest BCUT2D eigenvalue weighted by Gasteiger charge is 2.20. The number of hydrogen-bond acceptors (Lipinski definition) is 3. The number of nitrogens with zero attached hydrogens (tertiary/aromatic N) is 1. The Labute approximate surface area is 270 Å². The topological polar surface area (TPSA) is 29.5 Å². The number of furan rings is 2. The van der Waals surface area contributed by atoms with Crippen LogP contribution in [0.3, 0.4) is 0 Å². The van der Waals surface area contributed by atoms with Gasteiger partial charge in [0.05, 0.1) is 5.69 Å². The number of anilines is 3. The first-order valence-electron chi connectivity index (χ1n) is 15.9. The van der Waals surface area contributed by atoms with Crippen LogP contribution in [-0.4, -0.2) is 0 Å². The fourth-order valence-electron chi connectivity index (χ4n) is 7.27. The Morgan fingerprint density at radius 3 is 1.77 bits per heavy atom. The summed E-state index contributed by atoms with van der Waals surface area (Å²) in [5.74, 6) is 0. The van der Waals surface area contributed by atoms with Crippen molar-refractivity contribution in [1.29, 1.82) is 0 Å². The molecule has 220 valence electrons. The smallest absolute Gasteiger partial charge is 0.143 e. The van der Waals surface area contributed by atoms with Crippen molar-refractivity contribution in [2.45, 2.75) is 0 Å². The van der Waals surface area contributed by atoms with E-state index in [1.54, 1.807) is 0 Å². The van der Waals surface area contributed by atoms with Gasteiger partial charge in [0, 0.05) is 49.9 Å². The van der Waals surface area contributed by atoms with E-state index in [9.17, 15) is 0 Å². The lowest BCUT2D eigenvalue weighted by Gasteiger charge is -2.27. The molecule has 0 N–H and O–H groups in total. The Kier molecular flexibility index (Phi) is 5.57. The second-order valence-electron chi connectivity index (χ2n) is 12.1. The van der Waals surface area contributed by atoms with Crippen LogP contribution >= 0.6 is 0 Å². The van der Waals surface area contributed by atoms with Crippen molar-refractivity contribution >= 4 is 82.5 Å². The van der Waals surface area contributed by atoms with Gasteiger partial charge in [0.25, 0.3) is 0 Å². The summed E-state index contributed by atoms with van der Waals surface area (Å²) < 4.78 is 12.8. The lowest BCUT2D eigenvalue weighted by atomic mass is 9.98. The van der Waals surface area contributed by atoms with Crippen LogP contribution in [-0.2, 0) is 0 Å². The van der Waals surface area contributed by atoms with Gasteiger partial charge < -0.3 is 13.7 Å². The van der Waals surface area contributed by atoms with Gasteiger partial charge in [-0.15, -0.1) is 0 Å². The second-order valence-corrected chi connectivity index (χ2v) is 12.1. The number of rotatable bonds is 4. The normalized spacial score (nSPS) is 11.8. The fraction of sp³-hybridized carbons (Fsp3) is 0. The molecule has 0 atom stereocenters. The molecule has 0 spiro atoms. The molecule has 0 saturated heterocycles. The fourth-order valence-corrected chi connectivity index (χ4v) is 7.27. The molecule has 8 aromatic carbocycles. The lowest BCUT2D eigenvalue weighted by Crippen LogP contribution is -2.10. The molecule has 47 heavy (non-hydrogen) atoms. The van der Waals surface area contributed by atoms with E-state index in [0.717, 1.165) is 72.1 Å². The molecule has 0 radical (unpaired) electrons. The third-order valence-corrected chi connectivity index (χ3v) is 9.45. The van der Waals surface area contributed by atoms with E-state index >= 15 is 0 Å². The number of hydrogen-bond donors (Lipinski definition) is 0. The molecule has 3 heteroatoms. The highest BCUT2D eigenvalue weighted by Crippen LogP contribution is 2.44. The minimum Gasteiger partial charge on any atom is -0.456 e. The van der Waals surface area contributed by atoms with Crippen molar-refractivity contribution in [2.24, 2.45) is 0 Å². The SMILES string of the molecule is c1ccc2c(c1)cc(N(c1ccc(-c3cccc4c3oc3ccccc34)cc1)c1ccc3c(c1)oc1ccccc13)c1ccccc12. The van der Waals surface area contributed by atoms with Crippen molar-refractivity contribution < 1.29 is 8.83 Å². The Bertz CT molecular complexity index is 2800. The van der Waals surface area contributed by atoms with Crippen molar-refractivity contribution in [1.82, 2.24) is 0 Å². The maximum Gasteiger partial charge on any atom is 0.143 e. The maximum atomic E-state index is 6.39. The average molecular weight is 602 g/mol. The minimum atomic E-state index is 0.868. The molecule has 0 aliphatic rings. The summed E-state index contributed by atoms with van der Waals surface area (Å²) in [5.41, 5.74) is 8.97. The van der Waals surface area contributed by atoms with Gasteiger partial charge in [-0.1, -0.05) is 115 Å². The highest BCUT2D eigenvalue weighted by atomic mass is 16.3. The number of para-hydroxylation sites is 3. The average Bonchev–Trinajstić information content (AvgIpc) is 3.70. The van der Waals surface area contributed by atoms with Crippen LogP contribution in [0.1, 0.15) is 0 Å². The predicted octanol–water partition coefficient (Wildman–Crippen LogP) is 12.9. The van der Waals surface area contributed by atoms with Gasteiger partial charge in [-0.05, 0) is 64.2 Å². The standard InChI is InChI=1S/C44H27NO2/c1-2-11-32-29(10-1)26-40(35-13-4-3-12-34(32)35)45(31-24-25-38-36-14-5-7-18-41(36)46-43(38)27-31)30-22-20-28(21-23-30)33-16-9-17-39-37-15-6-8-19-42(37)47-44(33)39/h1-27H. The predicted molar refractivity (Wildman–Crippen MR) is 196 cm³/mol. The van der Waals surface area contributed by atoms with Crippen LogP contribution in [0.25, 0.3) is 76.5 Å². The van der Waals surface area contributed by atoms with E-state index in [0.29, 0.717) is 0 Å². The molecule has 10 aromatic rings. The third-order valence-electron chi connectivity index (χ3n) is 9.45. The van der Waals surface area contributed by atoms with Gasteiger partial charge in [0.2, 0.25) is 0 Å². The Balaban J connectivity index is 1.19. The molecule has 0 aliphatic heterocycles. The molecule has 2 aromatic heterocycles. The number of benzene rings is 8. The Morgan fingerprint density at radius 1 is 0.362 bits per heavy atom. The molecule has 2 heterocycles. The summed E-state index contributed by atoms with van der Waals surface area (Å²) in [7, 11) is 0. The molecular weight excluding hydrogens is 574 g/mol. The summed E-state index contributed by atoms with van der Waals surface area (Å²) in [6.45, 7) is 0. The minimum absolute atomic E-state index is 0.868. The second kappa shape index (κ2) is 10.1. The molecule has 0 bridgehead atoms. The molecule has 0 amide bonds. The van der Waals surface area contributed by atoms with Gasteiger partial charge in [0.15, 0.2) is 0 Å². The molecule has 3 nitrogen and oxygen atoms in total. The van der Waals surface area contributed by atoms with E-state index in [1.165, 1.54) is 21.5 Å². The zero-order chi connectivity index (χ0) is 30.9. The van der Waals surface area contributed by atoms with Crippen LogP contribution in [0.4, 0.5) is 17.1 Å². The van der Waals surface area contributed by atoms with Crippen LogP contribution in [0, 0.1) is 0 Å². The van der Waals surface area contributed by atoms with Gasteiger partial charge in [-0.2, -0.15) is 0 Å². The first kappa shape index (κ1) is 26.0. The summed E-state index contributed by atoms with van der Waals surface area (Å²) in [6, 6.07) is 57.9. The highest BCUT2D eigenvalue weighted by molar-refractivity contribution is 6.15. The molecule has 0 fully saturated rings. The zero-order valence-corrected chi connectivity index (χ0v) is 25.4. The van der Waals surface area contributed by atoms with Crippen molar-refractivity contribution in [2.75, 3.05) is 4.90 Å². The van der Waals surface area contributed by atoms with Crippen molar-refractivity contribution in [3.05, 3.63) is 164 Å². The quantitative estimate of drug-likeness (QED) is 0.188. The van der Waals surface area contributed by atoms with E-state index in [1.807, 2.05) is 24.3 Å². The van der Waals surface area contributed by atoms with E-state index in [-0.39, 0.29) is 0 Å². The third kappa shape index (κ3) is 4.00. The van der Waals surface area contributed by atoms with Gasteiger partial charge in [-0.3, -0.25) is 0 Å². The lowest BCUT2D eigenvalue weighted by molar-refractivity contribution is 0.669. The van der Waals surface area contributed by atoms with E-state index in [4.69, 9.17) is 8.83 Å². The Morgan fingerprint density at radius 2 is 0.957 bits per heavy atom. The molecular formula is C44H27NO2. The van der Waals surface area contributed by atoms with Gasteiger partial charge in [-0.25, -0.2) is 0 Å². The summed E-state index contributed by atoms with van der Waals surface area (Å²) in [4.78, 5) is 2.35. The van der Waals surface area contributed by atoms with Gasteiger partial charge in [0.1, 0.15) is 22.3 Å². The van der Waals surface area contributed by atoms with Crippen LogP contribution in [0.15, 0.2) is 173 Å². The molecule has 10 rings (SSSR count). The van der Waals surface area contributed by atoms with Crippen LogP contribution in [0.5, 0.6) is 0 Å². The maximum absolute atomic E-state index is 6.39. The monoisotopic (exact) mass is 601 g/mol. The van der Waals surface area contributed by atoms with E-state index in [2.05, 4.69) is 144 Å². The zero-order valence-electron chi connectivity index (χ0n) is 25.4. The first-order valence-corrected chi connectivity index (χ1v) is 15.9. The van der Waals surface area contributed by atoms with Crippen molar-refractivity contribution in [3.63, 3.8) is 0 Å². The van der Waals surface area contributed by atoms with Crippen LogP contribution < -0.4 is 4.90 Å². The molecule has 0 unspecified atom stereocenters. The Hall–Kier alpha value is -6.32. The van der Waals surface area contributed by atoms with Crippen molar-refractivity contribution in [3.8, 4) is 11.1 Å². The first-order chi connectivity index (χ1) is 23.3.